The molecule has 1 aliphatic heterocycles. The Morgan fingerprint density at radius 3 is 2.06 bits per heavy atom. The number of carbonyl (C=O) groups is 4. The SMILES string of the molecule is CC[C@H](C)C(NC(=O)[C@@H](NC(=O)[C@@H]1CCCN1)C(C)C)C(=O)N[C@@H](CCC(C)(C)C)C(=O)O. The zero-order valence-corrected chi connectivity index (χ0v) is 21.3. The van der Waals surface area contributed by atoms with Gasteiger partial charge in [0.15, 0.2) is 0 Å². The summed E-state index contributed by atoms with van der Waals surface area (Å²) in [5.74, 6) is -2.69. The molecule has 0 aromatic rings. The average Bonchev–Trinajstić information content (AvgIpc) is 3.26. The van der Waals surface area contributed by atoms with Gasteiger partial charge >= 0.3 is 5.97 Å². The van der Waals surface area contributed by atoms with E-state index in [2.05, 4.69) is 21.3 Å². The zero-order valence-electron chi connectivity index (χ0n) is 21.3. The van der Waals surface area contributed by atoms with Crippen LogP contribution < -0.4 is 21.3 Å². The lowest BCUT2D eigenvalue weighted by Gasteiger charge is -2.29. The highest BCUT2D eigenvalue weighted by molar-refractivity contribution is 5.94. The summed E-state index contributed by atoms with van der Waals surface area (Å²) in [6.45, 7) is 14.2. The molecule has 0 bridgehead atoms. The molecule has 0 radical (unpaired) electrons. The molecule has 5 atom stereocenters. The summed E-state index contributed by atoms with van der Waals surface area (Å²) in [5, 5.41) is 20.9. The zero-order chi connectivity index (χ0) is 25.3. The molecule has 1 aliphatic rings. The summed E-state index contributed by atoms with van der Waals surface area (Å²) in [7, 11) is 0. The van der Waals surface area contributed by atoms with Gasteiger partial charge < -0.3 is 26.4 Å². The molecule has 33 heavy (non-hydrogen) atoms. The van der Waals surface area contributed by atoms with Crippen molar-refractivity contribution >= 4 is 23.7 Å². The molecule has 9 heteroatoms. The van der Waals surface area contributed by atoms with Crippen LogP contribution in [0.2, 0.25) is 0 Å². The Morgan fingerprint density at radius 2 is 1.61 bits per heavy atom. The molecule has 0 aliphatic carbocycles. The number of carboxylic acid groups (broad SMARTS) is 1. The first-order valence-corrected chi connectivity index (χ1v) is 12.1. The molecule has 3 amide bonds. The molecule has 1 fully saturated rings. The van der Waals surface area contributed by atoms with E-state index in [4.69, 9.17) is 0 Å². The van der Waals surface area contributed by atoms with Crippen molar-refractivity contribution in [3.63, 3.8) is 0 Å². The second-order valence-corrected chi connectivity index (χ2v) is 10.7. The predicted molar refractivity (Wildman–Crippen MR) is 127 cm³/mol. The van der Waals surface area contributed by atoms with Crippen LogP contribution in [0.1, 0.15) is 80.6 Å². The summed E-state index contributed by atoms with van der Waals surface area (Å²) in [6.07, 6.45) is 3.17. The van der Waals surface area contributed by atoms with E-state index in [0.29, 0.717) is 19.3 Å². The molecule has 5 N–H and O–H groups in total. The second kappa shape index (κ2) is 12.9. The van der Waals surface area contributed by atoms with Gasteiger partial charge in [-0.1, -0.05) is 54.9 Å². The number of nitrogens with one attached hydrogen (secondary N) is 4. The van der Waals surface area contributed by atoms with E-state index < -0.39 is 35.9 Å². The molecule has 0 saturated carbocycles. The van der Waals surface area contributed by atoms with Gasteiger partial charge in [0.2, 0.25) is 17.7 Å². The van der Waals surface area contributed by atoms with Crippen LogP contribution in [0.4, 0.5) is 0 Å². The van der Waals surface area contributed by atoms with Gasteiger partial charge in [-0.3, -0.25) is 14.4 Å². The van der Waals surface area contributed by atoms with Gasteiger partial charge in [-0.2, -0.15) is 0 Å². The van der Waals surface area contributed by atoms with Gasteiger partial charge in [-0.15, -0.1) is 0 Å². The highest BCUT2D eigenvalue weighted by atomic mass is 16.4. The lowest BCUT2D eigenvalue weighted by molar-refractivity contribution is -0.143. The summed E-state index contributed by atoms with van der Waals surface area (Å²) < 4.78 is 0. The van der Waals surface area contributed by atoms with Crippen LogP contribution >= 0.6 is 0 Å². The Hall–Kier alpha value is -2.16. The third-order valence-electron chi connectivity index (χ3n) is 6.21. The molecular formula is C24H44N4O5. The number of hydrogen-bond acceptors (Lipinski definition) is 5. The first-order chi connectivity index (χ1) is 15.3. The molecular weight excluding hydrogens is 424 g/mol. The Morgan fingerprint density at radius 1 is 1.00 bits per heavy atom. The van der Waals surface area contributed by atoms with Crippen molar-refractivity contribution in [3.8, 4) is 0 Å². The molecule has 1 rings (SSSR count). The van der Waals surface area contributed by atoms with Crippen LogP contribution in [0, 0.1) is 17.3 Å². The van der Waals surface area contributed by atoms with Gasteiger partial charge in [0.25, 0.3) is 0 Å². The van der Waals surface area contributed by atoms with Gasteiger partial charge in [0, 0.05) is 0 Å². The Balaban J connectivity index is 2.91. The molecule has 1 unspecified atom stereocenters. The van der Waals surface area contributed by atoms with E-state index >= 15 is 0 Å². The van der Waals surface area contributed by atoms with Crippen molar-refractivity contribution in [1.82, 2.24) is 21.3 Å². The lowest BCUT2D eigenvalue weighted by atomic mass is 9.88. The number of rotatable bonds is 12. The highest BCUT2D eigenvalue weighted by Crippen LogP contribution is 2.22. The maximum atomic E-state index is 13.1. The van der Waals surface area contributed by atoms with Gasteiger partial charge in [0.1, 0.15) is 18.1 Å². The lowest BCUT2D eigenvalue weighted by Crippen LogP contribution is -2.59. The van der Waals surface area contributed by atoms with Crippen molar-refractivity contribution in [2.24, 2.45) is 17.3 Å². The fourth-order valence-corrected chi connectivity index (χ4v) is 3.74. The highest BCUT2D eigenvalue weighted by Gasteiger charge is 2.34. The van der Waals surface area contributed by atoms with Gasteiger partial charge in [-0.05, 0) is 49.5 Å². The van der Waals surface area contributed by atoms with Crippen LogP contribution in [0.15, 0.2) is 0 Å². The van der Waals surface area contributed by atoms with Crippen LogP contribution in [-0.2, 0) is 19.2 Å². The van der Waals surface area contributed by atoms with Crippen molar-refractivity contribution < 1.29 is 24.3 Å². The molecule has 9 nitrogen and oxygen atoms in total. The van der Waals surface area contributed by atoms with E-state index in [-0.39, 0.29) is 29.2 Å². The Kier molecular flexibility index (Phi) is 11.3. The number of hydrogen-bond donors (Lipinski definition) is 5. The molecule has 1 heterocycles. The largest absolute Gasteiger partial charge is 0.480 e. The minimum absolute atomic E-state index is 0.0698. The number of aliphatic carboxylic acids is 1. The molecule has 0 aromatic carbocycles. The topological polar surface area (TPSA) is 137 Å². The Bertz CT molecular complexity index is 683. The smallest absolute Gasteiger partial charge is 0.326 e. The summed E-state index contributed by atoms with van der Waals surface area (Å²) in [5.41, 5.74) is -0.0698. The van der Waals surface area contributed by atoms with Crippen LogP contribution in [0.25, 0.3) is 0 Å². The first-order valence-electron chi connectivity index (χ1n) is 12.1. The van der Waals surface area contributed by atoms with Crippen LogP contribution in [-0.4, -0.2) is 59.5 Å². The van der Waals surface area contributed by atoms with Gasteiger partial charge in [-0.25, -0.2) is 4.79 Å². The van der Waals surface area contributed by atoms with E-state index in [1.807, 2.05) is 48.5 Å². The van der Waals surface area contributed by atoms with Crippen molar-refractivity contribution in [1.29, 1.82) is 0 Å². The minimum Gasteiger partial charge on any atom is -0.480 e. The fraction of sp³-hybridized carbons (Fsp3) is 0.833. The van der Waals surface area contributed by atoms with Crippen molar-refractivity contribution in [3.05, 3.63) is 0 Å². The minimum atomic E-state index is -1.10. The van der Waals surface area contributed by atoms with E-state index in [0.717, 1.165) is 19.4 Å². The third-order valence-corrected chi connectivity index (χ3v) is 6.21. The second-order valence-electron chi connectivity index (χ2n) is 10.7. The monoisotopic (exact) mass is 468 g/mol. The van der Waals surface area contributed by atoms with E-state index in [1.165, 1.54) is 0 Å². The predicted octanol–water partition coefficient (Wildman–Crippen LogP) is 1.81. The van der Waals surface area contributed by atoms with E-state index in [1.54, 1.807) is 0 Å². The van der Waals surface area contributed by atoms with Crippen molar-refractivity contribution in [2.75, 3.05) is 6.54 Å². The fourth-order valence-electron chi connectivity index (χ4n) is 3.74. The summed E-state index contributed by atoms with van der Waals surface area (Å²) in [6, 6.07) is -3.04. The summed E-state index contributed by atoms with van der Waals surface area (Å²) in [4.78, 5) is 50.4. The quantitative estimate of drug-likeness (QED) is 0.296. The van der Waals surface area contributed by atoms with Crippen LogP contribution in [0.3, 0.4) is 0 Å². The normalized spacial score (nSPS) is 19.9. The van der Waals surface area contributed by atoms with E-state index in [9.17, 15) is 24.3 Å². The maximum Gasteiger partial charge on any atom is 0.326 e. The molecule has 0 aromatic heterocycles. The third kappa shape index (κ3) is 9.70. The number of carboxylic acids is 1. The maximum absolute atomic E-state index is 13.1. The average molecular weight is 469 g/mol. The number of amides is 3. The van der Waals surface area contributed by atoms with Crippen molar-refractivity contribution in [2.45, 2.75) is 105 Å². The Labute approximate surface area is 198 Å². The molecule has 190 valence electrons. The molecule has 1 saturated heterocycles. The molecule has 0 spiro atoms. The summed E-state index contributed by atoms with van der Waals surface area (Å²) >= 11 is 0. The van der Waals surface area contributed by atoms with Crippen LogP contribution in [0.5, 0.6) is 0 Å². The first kappa shape index (κ1) is 28.9. The number of carbonyl (C=O) groups excluding carboxylic acids is 3. The van der Waals surface area contributed by atoms with Gasteiger partial charge in [0.05, 0.1) is 6.04 Å². The standard InChI is InChI=1S/C24H44N4O5/c1-8-15(4)19(22(31)26-17(23(32)33)11-12-24(5,6)7)28-21(30)18(14(2)3)27-20(29)16-10-9-13-25-16/h14-19,25H,8-13H2,1-7H3,(H,26,31)(H,27,29)(H,28,30)(H,32,33)/t15-,16-,17-,18-,19?/m0/s1.